The fourth-order valence-corrected chi connectivity index (χ4v) is 2.64. The van der Waals surface area contributed by atoms with Crippen molar-refractivity contribution >= 4 is 17.0 Å². The number of fused-ring (bicyclic) bond motifs is 1. The maximum Gasteiger partial charge on any atom is 0.221 e. The Kier molecular flexibility index (Phi) is 3.30. The summed E-state index contributed by atoms with van der Waals surface area (Å²) in [6, 6.07) is 12.0. The highest BCUT2D eigenvalue weighted by atomic mass is 16.5. The third-order valence-electron chi connectivity index (χ3n) is 3.87. The number of aryl methyl sites for hydroxylation is 2. The number of benzene rings is 1. The van der Waals surface area contributed by atoms with Crippen molar-refractivity contribution in [3.8, 4) is 11.5 Å². The molecule has 0 atom stereocenters. The zero-order valence-electron chi connectivity index (χ0n) is 13.4. The van der Waals surface area contributed by atoms with Crippen LogP contribution >= 0.6 is 0 Å². The number of hydrogen-bond acceptors (Lipinski definition) is 6. The smallest absolute Gasteiger partial charge is 0.221 e. The lowest BCUT2D eigenvalue weighted by Gasteiger charge is -2.01. The van der Waals surface area contributed by atoms with Gasteiger partial charge in [-0.2, -0.15) is 0 Å². The number of rotatable bonds is 3. The van der Waals surface area contributed by atoms with E-state index in [4.69, 9.17) is 14.7 Å². The lowest BCUT2D eigenvalue weighted by Crippen LogP contribution is -1.98. The van der Waals surface area contributed by atoms with Crippen LogP contribution in [-0.4, -0.2) is 15.1 Å². The molecule has 0 aliphatic heterocycles. The van der Waals surface area contributed by atoms with E-state index in [1.54, 1.807) is 0 Å². The minimum Gasteiger partial charge on any atom is -0.460 e. The van der Waals surface area contributed by atoms with E-state index >= 15 is 0 Å². The van der Waals surface area contributed by atoms with Crippen molar-refractivity contribution in [1.29, 1.82) is 0 Å². The average Bonchev–Trinajstić information content (AvgIpc) is 3.16. The molecule has 0 fully saturated rings. The summed E-state index contributed by atoms with van der Waals surface area (Å²) in [6.45, 7) is 3.93. The van der Waals surface area contributed by atoms with Crippen LogP contribution in [-0.2, 0) is 6.42 Å². The SMILES string of the molecule is Cc1ccc(Cc2noc3c(-c4ccc(C)o4)nc(N)nc23)cc1. The Morgan fingerprint density at radius 3 is 2.50 bits per heavy atom. The summed E-state index contributed by atoms with van der Waals surface area (Å²) in [5.41, 5.74) is 10.6. The third kappa shape index (κ3) is 2.52. The molecule has 120 valence electrons. The molecule has 4 aromatic rings. The highest BCUT2D eigenvalue weighted by molar-refractivity contribution is 5.88. The van der Waals surface area contributed by atoms with Crippen molar-refractivity contribution in [2.45, 2.75) is 20.3 Å². The molecule has 0 bridgehead atoms. The van der Waals surface area contributed by atoms with Gasteiger partial charge < -0.3 is 14.7 Å². The molecule has 6 nitrogen and oxygen atoms in total. The summed E-state index contributed by atoms with van der Waals surface area (Å²) in [7, 11) is 0. The summed E-state index contributed by atoms with van der Waals surface area (Å²) in [4.78, 5) is 8.57. The molecule has 0 aliphatic carbocycles. The normalized spacial score (nSPS) is 11.2. The van der Waals surface area contributed by atoms with Crippen molar-refractivity contribution in [2.75, 3.05) is 5.73 Å². The van der Waals surface area contributed by atoms with Crippen LogP contribution < -0.4 is 5.73 Å². The van der Waals surface area contributed by atoms with Gasteiger partial charge in [-0.15, -0.1) is 0 Å². The Morgan fingerprint density at radius 2 is 1.79 bits per heavy atom. The number of nitrogens with two attached hydrogens (primary N) is 1. The average molecular weight is 320 g/mol. The lowest BCUT2D eigenvalue weighted by molar-refractivity contribution is 0.446. The molecule has 0 saturated heterocycles. The highest BCUT2D eigenvalue weighted by Gasteiger charge is 2.19. The number of nitrogen functional groups attached to an aromatic ring is 1. The van der Waals surface area contributed by atoms with E-state index in [1.165, 1.54) is 5.56 Å². The van der Waals surface area contributed by atoms with Gasteiger partial charge in [0.05, 0.1) is 0 Å². The Morgan fingerprint density at radius 1 is 1.00 bits per heavy atom. The molecule has 3 aromatic heterocycles. The summed E-state index contributed by atoms with van der Waals surface area (Å²) in [6.07, 6.45) is 0.611. The van der Waals surface area contributed by atoms with Crippen LogP contribution in [0.4, 0.5) is 5.95 Å². The second-order valence-corrected chi connectivity index (χ2v) is 5.81. The standard InChI is InChI=1S/C18H16N4O2/c1-10-3-6-12(7-4-10)9-13-15-17(24-22-13)16(21-18(19)20-15)14-8-5-11(2)23-14/h3-8H,9H2,1-2H3,(H2,19,20,21). The molecule has 0 aliphatic rings. The first-order chi connectivity index (χ1) is 11.6. The number of furan rings is 1. The molecule has 0 radical (unpaired) electrons. The molecule has 0 amide bonds. The first-order valence-corrected chi connectivity index (χ1v) is 7.64. The van der Waals surface area contributed by atoms with E-state index in [-0.39, 0.29) is 5.95 Å². The molecule has 6 heteroatoms. The predicted octanol–water partition coefficient (Wildman–Crippen LogP) is 3.67. The molecule has 24 heavy (non-hydrogen) atoms. The van der Waals surface area contributed by atoms with E-state index < -0.39 is 0 Å². The minimum atomic E-state index is 0.167. The van der Waals surface area contributed by atoms with Gasteiger partial charge >= 0.3 is 0 Å². The van der Waals surface area contributed by atoms with Gasteiger partial charge in [0, 0.05) is 6.42 Å². The summed E-state index contributed by atoms with van der Waals surface area (Å²) >= 11 is 0. The molecule has 0 unspecified atom stereocenters. The van der Waals surface area contributed by atoms with Crippen LogP contribution in [0, 0.1) is 13.8 Å². The first-order valence-electron chi connectivity index (χ1n) is 7.64. The molecule has 2 N–H and O–H groups in total. The summed E-state index contributed by atoms with van der Waals surface area (Å²) in [5.74, 6) is 1.54. The van der Waals surface area contributed by atoms with E-state index in [9.17, 15) is 0 Å². The van der Waals surface area contributed by atoms with Crippen molar-refractivity contribution in [3.05, 3.63) is 59.0 Å². The monoisotopic (exact) mass is 320 g/mol. The van der Waals surface area contributed by atoms with Gasteiger partial charge in [0.15, 0.2) is 11.5 Å². The van der Waals surface area contributed by atoms with Gasteiger partial charge in [-0.05, 0) is 31.5 Å². The molecular formula is C18H16N4O2. The number of aromatic nitrogens is 3. The van der Waals surface area contributed by atoms with E-state index in [0.29, 0.717) is 29.0 Å². The van der Waals surface area contributed by atoms with Crippen molar-refractivity contribution in [2.24, 2.45) is 0 Å². The van der Waals surface area contributed by atoms with Crippen LogP contribution in [0.15, 0.2) is 45.3 Å². The van der Waals surface area contributed by atoms with Gasteiger partial charge in [-0.1, -0.05) is 35.0 Å². The van der Waals surface area contributed by atoms with E-state index in [1.807, 2.05) is 19.1 Å². The fraction of sp³-hybridized carbons (Fsp3) is 0.167. The zero-order chi connectivity index (χ0) is 16.7. The van der Waals surface area contributed by atoms with E-state index in [0.717, 1.165) is 17.0 Å². The van der Waals surface area contributed by atoms with E-state index in [2.05, 4.69) is 46.3 Å². The van der Waals surface area contributed by atoms with Crippen LogP contribution in [0.2, 0.25) is 0 Å². The highest BCUT2D eigenvalue weighted by Crippen LogP contribution is 2.30. The Labute approximate surface area is 138 Å². The molecule has 4 rings (SSSR count). The molecule has 3 heterocycles. The lowest BCUT2D eigenvalue weighted by atomic mass is 10.1. The maximum atomic E-state index is 5.88. The van der Waals surface area contributed by atoms with Crippen LogP contribution in [0.5, 0.6) is 0 Å². The van der Waals surface area contributed by atoms with Gasteiger partial charge in [-0.3, -0.25) is 0 Å². The molecule has 0 spiro atoms. The summed E-state index contributed by atoms with van der Waals surface area (Å²) < 4.78 is 11.1. The molecule has 0 saturated carbocycles. The van der Waals surface area contributed by atoms with Crippen LogP contribution in [0.1, 0.15) is 22.6 Å². The van der Waals surface area contributed by atoms with Crippen molar-refractivity contribution < 1.29 is 8.94 Å². The Hall–Kier alpha value is -3.15. The van der Waals surface area contributed by atoms with Gasteiger partial charge in [0.1, 0.15) is 17.0 Å². The van der Waals surface area contributed by atoms with Crippen LogP contribution in [0.3, 0.4) is 0 Å². The quantitative estimate of drug-likeness (QED) is 0.619. The second kappa shape index (κ2) is 5.49. The topological polar surface area (TPSA) is 91.0 Å². The first kappa shape index (κ1) is 14.4. The number of hydrogen-bond donors (Lipinski definition) is 1. The fourth-order valence-electron chi connectivity index (χ4n) is 2.64. The van der Waals surface area contributed by atoms with Crippen molar-refractivity contribution in [1.82, 2.24) is 15.1 Å². The van der Waals surface area contributed by atoms with Crippen molar-refractivity contribution in [3.63, 3.8) is 0 Å². The van der Waals surface area contributed by atoms with Gasteiger partial charge in [-0.25, -0.2) is 9.97 Å². The Bertz CT molecular complexity index is 1020. The molecular weight excluding hydrogens is 304 g/mol. The Balaban J connectivity index is 1.81. The minimum absolute atomic E-state index is 0.167. The van der Waals surface area contributed by atoms with Crippen LogP contribution in [0.25, 0.3) is 22.6 Å². The predicted molar refractivity (Wildman–Crippen MR) is 90.4 cm³/mol. The summed E-state index contributed by atoms with van der Waals surface area (Å²) in [5, 5.41) is 4.17. The maximum absolute atomic E-state index is 5.88. The van der Waals surface area contributed by atoms with Gasteiger partial charge in [0.2, 0.25) is 11.5 Å². The zero-order valence-corrected chi connectivity index (χ0v) is 13.4. The second-order valence-electron chi connectivity index (χ2n) is 5.81. The number of nitrogens with zero attached hydrogens (tertiary/aromatic N) is 3. The third-order valence-corrected chi connectivity index (χ3v) is 3.87. The molecule has 1 aromatic carbocycles. The van der Waals surface area contributed by atoms with Gasteiger partial charge in [0.25, 0.3) is 0 Å². The largest absolute Gasteiger partial charge is 0.460 e. The number of anilines is 1.